The lowest BCUT2D eigenvalue weighted by Crippen LogP contribution is -2.14. The Hall–Kier alpha value is -1.01. The first-order valence-corrected chi connectivity index (χ1v) is 6.33. The van der Waals surface area contributed by atoms with E-state index in [0.717, 1.165) is 5.75 Å². The van der Waals surface area contributed by atoms with Crippen LogP contribution in [0.4, 0.5) is 0 Å². The molecule has 0 saturated heterocycles. The van der Waals surface area contributed by atoms with Gasteiger partial charge in [0, 0.05) is 11.7 Å². The Labute approximate surface area is 98.3 Å². The lowest BCUT2D eigenvalue weighted by atomic mass is 10.1. The van der Waals surface area contributed by atoms with Crippen LogP contribution in [0.15, 0.2) is 0 Å². The van der Waals surface area contributed by atoms with Crippen molar-refractivity contribution in [2.24, 2.45) is 0 Å². The molecule has 3 N–H and O–H groups in total. The molecule has 16 heavy (non-hydrogen) atoms. The van der Waals surface area contributed by atoms with E-state index < -0.39 is 12.1 Å². The number of carbonyl (C=O) groups is 1. The molecule has 0 aromatic carbocycles. The molecule has 0 saturated carbocycles. The fraction of sp³-hybridized carbons (Fsp3) is 0.600. The summed E-state index contributed by atoms with van der Waals surface area (Å²) in [6.45, 7) is 3.71. The van der Waals surface area contributed by atoms with Crippen LogP contribution in [0.2, 0.25) is 0 Å². The normalized spacial score (nSPS) is 14.8. The van der Waals surface area contributed by atoms with Crippen molar-refractivity contribution in [2.75, 3.05) is 12.0 Å². The largest absolute Gasteiger partial charge is 0.479 e. The summed E-state index contributed by atoms with van der Waals surface area (Å²) >= 11 is 1.66. The van der Waals surface area contributed by atoms with Crippen LogP contribution in [-0.2, 0) is 4.79 Å². The number of aliphatic hydroxyl groups is 1. The molecular weight excluding hydrogens is 228 g/mol. The third-order valence-electron chi connectivity index (χ3n) is 2.27. The fourth-order valence-corrected chi connectivity index (χ4v) is 2.22. The molecule has 1 aromatic heterocycles. The number of hydrogen-bond donors (Lipinski definition) is 3. The molecule has 1 rings (SSSR count). The van der Waals surface area contributed by atoms with Crippen LogP contribution in [0.5, 0.6) is 0 Å². The number of rotatable bonds is 5. The van der Waals surface area contributed by atoms with Gasteiger partial charge in [-0.1, -0.05) is 6.92 Å². The molecule has 90 valence electrons. The van der Waals surface area contributed by atoms with Crippen LogP contribution in [0.1, 0.15) is 36.2 Å². The van der Waals surface area contributed by atoms with Crippen molar-refractivity contribution in [3.05, 3.63) is 17.2 Å². The van der Waals surface area contributed by atoms with Crippen LogP contribution in [-0.4, -0.2) is 38.2 Å². The number of H-pyrrole nitrogens is 1. The van der Waals surface area contributed by atoms with Crippen molar-refractivity contribution in [1.82, 2.24) is 9.97 Å². The van der Waals surface area contributed by atoms with Gasteiger partial charge in [-0.3, -0.25) is 0 Å². The molecule has 0 radical (unpaired) electrons. The molecule has 6 heteroatoms. The number of aliphatic carboxylic acids is 1. The molecule has 2 unspecified atom stereocenters. The highest BCUT2D eigenvalue weighted by atomic mass is 32.2. The van der Waals surface area contributed by atoms with Crippen molar-refractivity contribution >= 4 is 17.7 Å². The minimum atomic E-state index is -1.53. The maximum Gasteiger partial charge on any atom is 0.338 e. The smallest absolute Gasteiger partial charge is 0.338 e. The summed E-state index contributed by atoms with van der Waals surface area (Å²) in [6.07, 6.45) is 0.448. The van der Waals surface area contributed by atoms with E-state index in [2.05, 4.69) is 9.97 Å². The zero-order valence-corrected chi connectivity index (χ0v) is 10.3. The van der Waals surface area contributed by atoms with Gasteiger partial charge in [0.25, 0.3) is 0 Å². The highest BCUT2D eigenvalue weighted by molar-refractivity contribution is 7.98. The fourth-order valence-electron chi connectivity index (χ4n) is 1.56. The van der Waals surface area contributed by atoms with E-state index in [9.17, 15) is 9.90 Å². The number of nitrogens with zero attached hydrogens (tertiary/aromatic N) is 1. The predicted molar refractivity (Wildman–Crippen MR) is 62.7 cm³/mol. The minimum absolute atomic E-state index is 0.115. The van der Waals surface area contributed by atoms with E-state index >= 15 is 0 Å². The topological polar surface area (TPSA) is 86.2 Å². The summed E-state index contributed by atoms with van der Waals surface area (Å²) in [5.74, 6) is 0.312. The van der Waals surface area contributed by atoms with E-state index in [0.29, 0.717) is 17.2 Å². The predicted octanol–water partition coefficient (Wildman–Crippen LogP) is 1.30. The van der Waals surface area contributed by atoms with Crippen molar-refractivity contribution in [1.29, 1.82) is 0 Å². The van der Waals surface area contributed by atoms with Gasteiger partial charge >= 0.3 is 5.97 Å². The number of aromatic nitrogens is 2. The van der Waals surface area contributed by atoms with Crippen molar-refractivity contribution in [3.8, 4) is 0 Å². The lowest BCUT2D eigenvalue weighted by molar-refractivity contribution is -0.147. The Balaban J connectivity index is 3.04. The number of aliphatic hydroxyl groups excluding tert-OH is 1. The Bertz CT molecular complexity index is 378. The van der Waals surface area contributed by atoms with Gasteiger partial charge in [0.05, 0.1) is 11.4 Å². The van der Waals surface area contributed by atoms with Gasteiger partial charge < -0.3 is 15.2 Å². The Kier molecular flexibility index (Phi) is 4.37. The molecule has 0 aliphatic heterocycles. The van der Waals surface area contributed by atoms with E-state index in [1.165, 1.54) is 0 Å². The van der Waals surface area contributed by atoms with E-state index in [4.69, 9.17) is 5.11 Å². The molecule has 0 aliphatic carbocycles. The molecule has 0 amide bonds. The monoisotopic (exact) mass is 244 g/mol. The van der Waals surface area contributed by atoms with Crippen molar-refractivity contribution in [3.63, 3.8) is 0 Å². The number of aromatic amines is 1. The zero-order chi connectivity index (χ0) is 12.3. The average molecular weight is 244 g/mol. The standard InChI is InChI=1S/C10H16N2O3S/c1-5(4-16-3)7-8(9(13)10(14)15)12-6(2)11-7/h5,9,13H,4H2,1-3H3,(H,11,12)(H,14,15). The molecule has 2 atom stereocenters. The summed E-state index contributed by atoms with van der Waals surface area (Å²) in [5.41, 5.74) is 0.938. The van der Waals surface area contributed by atoms with Gasteiger partial charge in [0.15, 0.2) is 6.10 Å². The number of hydrogen-bond acceptors (Lipinski definition) is 4. The molecule has 0 fully saturated rings. The second-order valence-electron chi connectivity index (χ2n) is 3.72. The Morgan fingerprint density at radius 3 is 2.75 bits per heavy atom. The SMILES string of the molecule is CSCC(C)c1nc(C)[nH]c1C(O)C(=O)O. The van der Waals surface area contributed by atoms with Crippen LogP contribution in [0, 0.1) is 6.92 Å². The molecule has 1 aromatic rings. The Morgan fingerprint density at radius 2 is 2.25 bits per heavy atom. The van der Waals surface area contributed by atoms with Crippen LogP contribution < -0.4 is 0 Å². The van der Waals surface area contributed by atoms with E-state index in [-0.39, 0.29) is 5.92 Å². The summed E-state index contributed by atoms with van der Waals surface area (Å²) in [5, 5.41) is 18.3. The molecule has 0 bridgehead atoms. The van der Waals surface area contributed by atoms with Gasteiger partial charge in [0.1, 0.15) is 5.82 Å². The van der Waals surface area contributed by atoms with Crippen LogP contribution in [0.3, 0.4) is 0 Å². The highest BCUT2D eigenvalue weighted by Crippen LogP contribution is 2.25. The maximum atomic E-state index is 10.7. The van der Waals surface area contributed by atoms with Gasteiger partial charge in [-0.15, -0.1) is 0 Å². The first-order valence-electron chi connectivity index (χ1n) is 4.93. The number of aryl methyl sites for hydroxylation is 1. The lowest BCUT2D eigenvalue weighted by Gasteiger charge is -2.11. The zero-order valence-electron chi connectivity index (χ0n) is 9.52. The molecule has 0 aliphatic rings. The van der Waals surface area contributed by atoms with Gasteiger partial charge in [-0.25, -0.2) is 9.78 Å². The first kappa shape index (κ1) is 13.1. The molecule has 0 spiro atoms. The highest BCUT2D eigenvalue weighted by Gasteiger charge is 2.25. The van der Waals surface area contributed by atoms with E-state index in [1.54, 1.807) is 18.7 Å². The summed E-state index contributed by atoms with van der Waals surface area (Å²) in [7, 11) is 0. The van der Waals surface area contributed by atoms with Crippen LogP contribution >= 0.6 is 11.8 Å². The number of carboxylic acids is 1. The summed E-state index contributed by atoms with van der Waals surface area (Å²) in [4.78, 5) is 17.8. The average Bonchev–Trinajstić information content (AvgIpc) is 2.59. The van der Waals surface area contributed by atoms with Gasteiger partial charge in [0.2, 0.25) is 0 Å². The van der Waals surface area contributed by atoms with Gasteiger partial charge in [-0.05, 0) is 13.2 Å². The quantitative estimate of drug-likeness (QED) is 0.727. The molecule has 1 heterocycles. The second-order valence-corrected chi connectivity index (χ2v) is 4.63. The number of thioether (sulfide) groups is 1. The number of nitrogens with one attached hydrogen (secondary N) is 1. The molecule has 5 nitrogen and oxygen atoms in total. The second kappa shape index (κ2) is 5.36. The first-order chi connectivity index (χ1) is 7.47. The summed E-state index contributed by atoms with van der Waals surface area (Å²) in [6, 6.07) is 0. The van der Waals surface area contributed by atoms with Gasteiger partial charge in [-0.2, -0.15) is 11.8 Å². The van der Waals surface area contributed by atoms with Crippen molar-refractivity contribution in [2.45, 2.75) is 25.9 Å². The minimum Gasteiger partial charge on any atom is -0.479 e. The van der Waals surface area contributed by atoms with E-state index in [1.807, 2.05) is 13.2 Å². The molecular formula is C10H16N2O3S. The third-order valence-corrected chi connectivity index (χ3v) is 3.10. The number of carboxylic acid groups (broad SMARTS) is 1. The summed E-state index contributed by atoms with van der Waals surface area (Å²) < 4.78 is 0. The number of imidazole rings is 1. The Morgan fingerprint density at radius 1 is 1.62 bits per heavy atom. The van der Waals surface area contributed by atoms with Crippen molar-refractivity contribution < 1.29 is 15.0 Å². The van der Waals surface area contributed by atoms with Crippen LogP contribution in [0.25, 0.3) is 0 Å². The maximum absolute atomic E-state index is 10.7. The third kappa shape index (κ3) is 2.76.